The molecule has 0 aromatic carbocycles. The van der Waals surface area contributed by atoms with Gasteiger partial charge in [-0.15, -0.1) is 0 Å². The summed E-state index contributed by atoms with van der Waals surface area (Å²) in [6.45, 7) is 0. The molecule has 0 amide bonds. The number of rotatable bonds is 2. The van der Waals surface area contributed by atoms with Gasteiger partial charge in [0.05, 0.1) is 17.6 Å². The summed E-state index contributed by atoms with van der Waals surface area (Å²) in [6, 6.07) is 1.28. The second kappa shape index (κ2) is 5.23. The van der Waals surface area contributed by atoms with Crippen LogP contribution in [0.15, 0.2) is 15.1 Å². The lowest BCUT2D eigenvalue weighted by molar-refractivity contribution is -0.389. The molecule has 0 atom stereocenters. The average molecular weight is 329 g/mol. The summed E-state index contributed by atoms with van der Waals surface area (Å²) in [6.07, 6.45) is 0. The molecule has 0 fully saturated rings. The molecule has 3 N–H and O–H groups in total. The zero-order chi connectivity index (χ0) is 10.0. The molecule has 0 saturated heterocycles. The number of methoxy groups -OCH3 is 1. The summed E-state index contributed by atoms with van der Waals surface area (Å²) >= 11 is 6.18. The Bertz CT molecular complexity index is 335. The zero-order valence-electron chi connectivity index (χ0n) is 7.16. The second-order valence-corrected chi connectivity index (χ2v) is 3.65. The molecule has 0 aliphatic heterocycles. The Morgan fingerprint density at radius 1 is 1.57 bits per heavy atom. The van der Waals surface area contributed by atoms with Gasteiger partial charge in [0.2, 0.25) is 0 Å². The SMILES string of the molecule is COc1c(Br)cc([N+](=O)[O-])nc1Br.N. The van der Waals surface area contributed by atoms with Gasteiger partial charge in [-0.25, -0.2) is 0 Å². The van der Waals surface area contributed by atoms with Crippen molar-refractivity contribution in [3.63, 3.8) is 0 Å². The van der Waals surface area contributed by atoms with Gasteiger partial charge in [-0.1, -0.05) is 0 Å². The van der Waals surface area contributed by atoms with Gasteiger partial charge in [0.15, 0.2) is 5.75 Å². The van der Waals surface area contributed by atoms with E-state index in [1.807, 2.05) is 0 Å². The first-order valence-corrected chi connectivity index (χ1v) is 4.69. The van der Waals surface area contributed by atoms with Crippen LogP contribution in [0, 0.1) is 10.1 Å². The second-order valence-electron chi connectivity index (χ2n) is 2.04. The fraction of sp³-hybridized carbons (Fsp3) is 0.167. The van der Waals surface area contributed by atoms with E-state index in [1.165, 1.54) is 13.2 Å². The summed E-state index contributed by atoms with van der Waals surface area (Å²) in [7, 11) is 1.46. The number of nitrogens with zero attached hydrogens (tertiary/aromatic N) is 2. The molecule has 0 bridgehead atoms. The minimum atomic E-state index is -0.574. The number of halogens is 2. The van der Waals surface area contributed by atoms with Crippen LogP contribution in [0.2, 0.25) is 0 Å². The van der Waals surface area contributed by atoms with Crippen molar-refractivity contribution in [1.29, 1.82) is 0 Å². The van der Waals surface area contributed by atoms with E-state index in [0.717, 1.165) is 0 Å². The minimum absolute atomic E-state index is 0. The van der Waals surface area contributed by atoms with Crippen molar-refractivity contribution in [2.75, 3.05) is 7.11 Å². The van der Waals surface area contributed by atoms with Gasteiger partial charge in [0.25, 0.3) is 4.60 Å². The molecule has 0 radical (unpaired) electrons. The van der Waals surface area contributed by atoms with Gasteiger partial charge in [-0.3, -0.25) is 0 Å². The molecule has 0 aliphatic rings. The monoisotopic (exact) mass is 327 g/mol. The van der Waals surface area contributed by atoms with Crippen molar-refractivity contribution >= 4 is 37.7 Å². The maximum atomic E-state index is 10.4. The molecule has 0 spiro atoms. The summed E-state index contributed by atoms with van der Waals surface area (Å²) in [5, 5.41) is 10.4. The standard InChI is InChI=1S/C6H4Br2N2O3.H3N/c1-13-5-3(7)2-4(10(11)12)9-6(5)8;/h2H,1H3;1H3. The Morgan fingerprint density at radius 3 is 2.50 bits per heavy atom. The first kappa shape index (κ1) is 13.3. The van der Waals surface area contributed by atoms with E-state index in [9.17, 15) is 10.1 Å². The van der Waals surface area contributed by atoms with Crippen molar-refractivity contribution < 1.29 is 9.66 Å². The number of pyridine rings is 1. The van der Waals surface area contributed by atoms with Crippen molar-refractivity contribution in [1.82, 2.24) is 11.1 Å². The Hall–Kier alpha value is -0.730. The van der Waals surface area contributed by atoms with Crippen LogP contribution in [0.4, 0.5) is 5.82 Å². The molecular formula is C6H7Br2N3O3. The minimum Gasteiger partial charge on any atom is -0.491 e. The summed E-state index contributed by atoms with van der Waals surface area (Å²) in [4.78, 5) is 13.5. The molecular weight excluding hydrogens is 322 g/mol. The molecule has 78 valence electrons. The van der Waals surface area contributed by atoms with Crippen molar-refractivity contribution in [3.05, 3.63) is 25.3 Å². The highest BCUT2D eigenvalue weighted by Gasteiger charge is 2.17. The average Bonchev–Trinajstić information content (AvgIpc) is 2.03. The first-order valence-electron chi connectivity index (χ1n) is 3.10. The van der Waals surface area contributed by atoms with E-state index < -0.39 is 4.92 Å². The third-order valence-electron chi connectivity index (χ3n) is 1.26. The molecule has 6 nitrogen and oxygen atoms in total. The number of aromatic nitrogens is 1. The fourth-order valence-electron chi connectivity index (χ4n) is 0.736. The predicted molar refractivity (Wildman–Crippen MR) is 57.9 cm³/mol. The molecule has 1 aromatic heterocycles. The van der Waals surface area contributed by atoms with Gasteiger partial charge in [-0.2, -0.15) is 0 Å². The van der Waals surface area contributed by atoms with Crippen molar-refractivity contribution in [3.8, 4) is 5.75 Å². The molecule has 1 heterocycles. The Morgan fingerprint density at radius 2 is 2.14 bits per heavy atom. The molecule has 1 rings (SSSR count). The van der Waals surface area contributed by atoms with Crippen LogP contribution >= 0.6 is 31.9 Å². The van der Waals surface area contributed by atoms with Gasteiger partial charge < -0.3 is 21.0 Å². The molecule has 8 heteroatoms. The quantitative estimate of drug-likeness (QED) is 0.511. The van der Waals surface area contributed by atoms with E-state index in [0.29, 0.717) is 14.8 Å². The third kappa shape index (κ3) is 2.63. The molecule has 14 heavy (non-hydrogen) atoms. The number of hydrogen-bond donors (Lipinski definition) is 1. The van der Waals surface area contributed by atoms with Crippen LogP contribution < -0.4 is 10.9 Å². The Labute approximate surface area is 96.7 Å². The highest BCUT2D eigenvalue weighted by atomic mass is 79.9. The van der Waals surface area contributed by atoms with Gasteiger partial charge in [0.1, 0.15) is 0 Å². The lowest BCUT2D eigenvalue weighted by Crippen LogP contribution is -1.95. The fourth-order valence-corrected chi connectivity index (χ4v) is 2.11. The van der Waals surface area contributed by atoms with E-state index in [2.05, 4.69) is 36.8 Å². The lowest BCUT2D eigenvalue weighted by Gasteiger charge is -2.01. The lowest BCUT2D eigenvalue weighted by atomic mass is 10.4. The van der Waals surface area contributed by atoms with Gasteiger partial charge >= 0.3 is 5.82 Å². The maximum Gasteiger partial charge on any atom is 0.366 e. The predicted octanol–water partition coefficient (Wildman–Crippen LogP) is 2.69. The van der Waals surface area contributed by atoms with Crippen LogP contribution in [0.1, 0.15) is 0 Å². The highest BCUT2D eigenvalue weighted by Crippen LogP contribution is 2.33. The summed E-state index contributed by atoms with van der Waals surface area (Å²) in [5.41, 5.74) is 0. The van der Waals surface area contributed by atoms with Crippen LogP contribution in [-0.2, 0) is 0 Å². The molecule has 0 unspecified atom stereocenters. The Kier molecular flexibility index (Phi) is 4.95. The summed E-state index contributed by atoms with van der Waals surface area (Å²) < 4.78 is 5.72. The molecule has 0 saturated carbocycles. The van der Waals surface area contributed by atoms with Crippen molar-refractivity contribution in [2.45, 2.75) is 0 Å². The summed E-state index contributed by atoms with van der Waals surface area (Å²) in [5.74, 6) is 0.199. The number of nitro groups is 1. The smallest absolute Gasteiger partial charge is 0.366 e. The van der Waals surface area contributed by atoms with Gasteiger partial charge in [0, 0.05) is 15.9 Å². The highest BCUT2D eigenvalue weighted by molar-refractivity contribution is 9.11. The van der Waals surface area contributed by atoms with Crippen LogP contribution in [0.3, 0.4) is 0 Å². The largest absolute Gasteiger partial charge is 0.491 e. The van der Waals surface area contributed by atoms with Gasteiger partial charge in [-0.05, 0) is 25.8 Å². The maximum absolute atomic E-state index is 10.4. The van der Waals surface area contributed by atoms with Crippen molar-refractivity contribution in [2.24, 2.45) is 0 Å². The first-order chi connectivity index (χ1) is 6.06. The van der Waals surface area contributed by atoms with Crippen LogP contribution in [0.25, 0.3) is 0 Å². The van der Waals surface area contributed by atoms with E-state index in [-0.39, 0.29) is 12.0 Å². The number of hydrogen-bond acceptors (Lipinski definition) is 5. The normalized spacial score (nSPS) is 9.07. The molecule has 0 aliphatic carbocycles. The topological polar surface area (TPSA) is 100 Å². The molecule has 1 aromatic rings. The van der Waals surface area contributed by atoms with E-state index >= 15 is 0 Å². The van der Waals surface area contributed by atoms with E-state index in [4.69, 9.17) is 4.74 Å². The number of ether oxygens (including phenoxy) is 1. The zero-order valence-corrected chi connectivity index (χ0v) is 10.3. The van der Waals surface area contributed by atoms with Crippen LogP contribution in [0.5, 0.6) is 5.75 Å². The van der Waals surface area contributed by atoms with Crippen LogP contribution in [-0.4, -0.2) is 17.0 Å². The Balaban J connectivity index is 0.00000169. The third-order valence-corrected chi connectivity index (χ3v) is 2.39. The van der Waals surface area contributed by atoms with E-state index in [1.54, 1.807) is 0 Å².